The average molecular weight is 400 g/mol. The Hall–Kier alpha value is -2.28. The molecule has 1 aromatic carbocycles. The highest BCUT2D eigenvalue weighted by Gasteiger charge is 2.30. The highest BCUT2D eigenvalue weighted by atomic mass is 31.0. The molecule has 0 spiro atoms. The van der Waals surface area contributed by atoms with Gasteiger partial charge in [0.25, 0.3) is 5.56 Å². The fraction of sp³-hybridized carbons (Fsp3) is 0.353. The van der Waals surface area contributed by atoms with E-state index in [1.54, 1.807) is 13.8 Å². The van der Waals surface area contributed by atoms with Crippen LogP contribution in [0.3, 0.4) is 0 Å². The van der Waals surface area contributed by atoms with Gasteiger partial charge in [0.1, 0.15) is 16.9 Å². The molecular weight excluding hydrogens is 383 g/mol. The quantitative estimate of drug-likeness (QED) is 0.529. The molecule has 27 heavy (non-hydrogen) atoms. The van der Waals surface area contributed by atoms with Gasteiger partial charge < -0.3 is 4.98 Å². The molecule has 0 saturated carbocycles. The van der Waals surface area contributed by atoms with E-state index in [0.717, 1.165) is 12.1 Å². The lowest BCUT2D eigenvalue weighted by Gasteiger charge is -2.15. The number of rotatable bonds is 4. The maximum Gasteiger partial charge on any atom is 0.416 e. The summed E-state index contributed by atoms with van der Waals surface area (Å²) in [6.45, 7) is 3.50. The van der Waals surface area contributed by atoms with Crippen LogP contribution in [0.4, 0.5) is 17.6 Å². The van der Waals surface area contributed by atoms with Crippen LogP contribution in [-0.2, 0) is 12.6 Å². The SMILES string of the molecule is CCc1nc2c(c(C(F)P)nn2C(C)c2ccc(C(F)(F)F)cc2)c(=O)[nH]1. The molecule has 3 aromatic rings. The van der Waals surface area contributed by atoms with E-state index in [0.29, 0.717) is 17.8 Å². The molecule has 0 bridgehead atoms. The number of aryl methyl sites for hydroxylation is 1. The average Bonchev–Trinajstić information content (AvgIpc) is 3.00. The Bertz CT molecular complexity index is 1020. The fourth-order valence-corrected chi connectivity index (χ4v) is 3.07. The molecule has 2 heterocycles. The number of alkyl halides is 4. The van der Waals surface area contributed by atoms with E-state index in [4.69, 9.17) is 0 Å². The van der Waals surface area contributed by atoms with Crippen LogP contribution in [0.5, 0.6) is 0 Å². The van der Waals surface area contributed by atoms with Crippen LogP contribution in [0.2, 0.25) is 0 Å². The number of aromatic amines is 1. The Morgan fingerprint density at radius 1 is 1.26 bits per heavy atom. The van der Waals surface area contributed by atoms with Gasteiger partial charge in [0.2, 0.25) is 0 Å². The molecule has 1 N–H and O–H groups in total. The van der Waals surface area contributed by atoms with Crippen molar-refractivity contribution in [1.29, 1.82) is 0 Å². The van der Waals surface area contributed by atoms with Crippen LogP contribution in [0.25, 0.3) is 11.0 Å². The van der Waals surface area contributed by atoms with Crippen LogP contribution in [-0.4, -0.2) is 19.7 Å². The second-order valence-corrected chi connectivity index (χ2v) is 6.68. The molecule has 0 aliphatic heterocycles. The molecule has 3 atom stereocenters. The molecule has 10 heteroatoms. The van der Waals surface area contributed by atoms with Crippen LogP contribution in [0.15, 0.2) is 29.1 Å². The highest BCUT2D eigenvalue weighted by Crippen LogP contribution is 2.33. The molecule has 2 aromatic heterocycles. The first-order valence-corrected chi connectivity index (χ1v) is 8.88. The van der Waals surface area contributed by atoms with E-state index in [1.807, 2.05) is 9.24 Å². The monoisotopic (exact) mass is 400 g/mol. The van der Waals surface area contributed by atoms with Gasteiger partial charge in [-0.15, -0.1) is 0 Å². The number of hydrogen-bond acceptors (Lipinski definition) is 3. The minimum atomic E-state index is -4.43. The van der Waals surface area contributed by atoms with Gasteiger partial charge in [-0.2, -0.15) is 18.3 Å². The predicted octanol–water partition coefficient (Wildman–Crippen LogP) is 4.15. The molecule has 0 radical (unpaired) electrons. The Kier molecular flexibility index (Phi) is 5.08. The molecule has 5 nitrogen and oxygen atoms in total. The van der Waals surface area contributed by atoms with E-state index >= 15 is 0 Å². The lowest BCUT2D eigenvalue weighted by atomic mass is 10.1. The summed E-state index contributed by atoms with van der Waals surface area (Å²) in [6.07, 6.45) is -3.97. The Morgan fingerprint density at radius 3 is 2.41 bits per heavy atom. The second kappa shape index (κ2) is 7.03. The molecule has 0 aliphatic carbocycles. The Labute approximate surface area is 154 Å². The third kappa shape index (κ3) is 3.60. The molecule has 3 rings (SSSR count). The van der Waals surface area contributed by atoms with E-state index < -0.39 is 29.3 Å². The number of aromatic nitrogens is 4. The number of fused-ring (bicyclic) bond motifs is 1. The second-order valence-electron chi connectivity index (χ2n) is 6.09. The molecule has 144 valence electrons. The molecule has 0 fully saturated rings. The molecule has 3 unspecified atom stereocenters. The van der Waals surface area contributed by atoms with Gasteiger partial charge in [-0.05, 0) is 24.6 Å². The smallest absolute Gasteiger partial charge is 0.310 e. The first-order valence-electron chi connectivity index (χ1n) is 8.21. The van der Waals surface area contributed by atoms with Crippen molar-refractivity contribution >= 4 is 20.3 Å². The zero-order valence-electron chi connectivity index (χ0n) is 14.5. The van der Waals surface area contributed by atoms with Crippen molar-refractivity contribution in [3.63, 3.8) is 0 Å². The van der Waals surface area contributed by atoms with Crippen molar-refractivity contribution in [2.45, 2.75) is 38.4 Å². The van der Waals surface area contributed by atoms with Crippen molar-refractivity contribution in [1.82, 2.24) is 19.7 Å². The summed E-state index contributed by atoms with van der Waals surface area (Å²) >= 11 is 0. The van der Waals surface area contributed by atoms with Crippen LogP contribution in [0.1, 0.15) is 48.4 Å². The summed E-state index contributed by atoms with van der Waals surface area (Å²) in [6, 6.07) is 4.07. The van der Waals surface area contributed by atoms with Gasteiger partial charge in [-0.3, -0.25) is 4.79 Å². The number of hydrogen-bond donors (Lipinski definition) is 1. The van der Waals surface area contributed by atoms with Crippen LogP contribution < -0.4 is 5.56 Å². The van der Waals surface area contributed by atoms with Gasteiger partial charge >= 0.3 is 6.18 Å². The maximum absolute atomic E-state index is 14.0. The number of halogens is 4. The Balaban J connectivity index is 2.15. The van der Waals surface area contributed by atoms with Crippen molar-refractivity contribution in [2.75, 3.05) is 0 Å². The zero-order chi connectivity index (χ0) is 19.9. The first-order chi connectivity index (χ1) is 12.6. The maximum atomic E-state index is 14.0. The summed E-state index contributed by atoms with van der Waals surface area (Å²) in [5, 5.41) is 4.22. The minimum absolute atomic E-state index is 0.0356. The molecule has 0 amide bonds. The third-order valence-electron chi connectivity index (χ3n) is 4.32. The van der Waals surface area contributed by atoms with E-state index in [-0.39, 0.29) is 16.7 Å². The predicted molar refractivity (Wildman–Crippen MR) is 96.3 cm³/mol. The molecule has 0 saturated heterocycles. The van der Waals surface area contributed by atoms with E-state index in [9.17, 15) is 22.4 Å². The highest BCUT2D eigenvalue weighted by molar-refractivity contribution is 7.16. The topological polar surface area (TPSA) is 63.6 Å². The standard InChI is InChI=1S/C17H17F4N4OP/c1-3-11-22-15-12(16(26)23-11)13(14(18)27)24-25(15)8(2)9-4-6-10(7-5-9)17(19,20)21/h4-8,14H,3,27H2,1-2H3,(H,22,23,26). The van der Waals surface area contributed by atoms with Gasteiger partial charge in [-0.25, -0.2) is 14.1 Å². The van der Waals surface area contributed by atoms with Crippen molar-refractivity contribution in [3.8, 4) is 0 Å². The third-order valence-corrected chi connectivity index (χ3v) is 4.64. The van der Waals surface area contributed by atoms with Gasteiger partial charge in [0.15, 0.2) is 11.6 Å². The number of nitrogens with one attached hydrogen (secondary N) is 1. The lowest BCUT2D eigenvalue weighted by molar-refractivity contribution is -0.137. The van der Waals surface area contributed by atoms with Gasteiger partial charge in [-0.1, -0.05) is 28.3 Å². The summed E-state index contributed by atoms with van der Waals surface area (Å²) < 4.78 is 53.6. The minimum Gasteiger partial charge on any atom is -0.310 e. The van der Waals surface area contributed by atoms with Crippen molar-refractivity contribution in [3.05, 3.63) is 57.3 Å². The zero-order valence-corrected chi connectivity index (χ0v) is 15.7. The van der Waals surface area contributed by atoms with Crippen molar-refractivity contribution < 1.29 is 17.6 Å². The number of nitrogens with zero attached hydrogens (tertiary/aromatic N) is 3. The first kappa shape index (κ1) is 19.5. The summed E-state index contributed by atoms with van der Waals surface area (Å²) in [7, 11) is 1.94. The largest absolute Gasteiger partial charge is 0.416 e. The van der Waals surface area contributed by atoms with Crippen LogP contribution >= 0.6 is 9.24 Å². The number of benzene rings is 1. The normalized spacial score (nSPS) is 14.5. The summed E-state index contributed by atoms with van der Waals surface area (Å²) in [5.41, 5.74) is -0.615. The van der Waals surface area contributed by atoms with Crippen LogP contribution in [0, 0.1) is 0 Å². The molecule has 0 aliphatic rings. The van der Waals surface area contributed by atoms with Crippen molar-refractivity contribution in [2.24, 2.45) is 0 Å². The summed E-state index contributed by atoms with van der Waals surface area (Å²) in [4.78, 5) is 19.3. The van der Waals surface area contributed by atoms with Gasteiger partial charge in [0.05, 0.1) is 11.6 Å². The lowest BCUT2D eigenvalue weighted by Crippen LogP contribution is -2.14. The number of H-pyrrole nitrogens is 1. The molecular formula is C17H17F4N4OP. The van der Waals surface area contributed by atoms with E-state index in [1.165, 1.54) is 16.8 Å². The van der Waals surface area contributed by atoms with Gasteiger partial charge in [0, 0.05) is 6.42 Å². The van der Waals surface area contributed by atoms with E-state index in [2.05, 4.69) is 15.1 Å². The fourth-order valence-electron chi connectivity index (χ4n) is 2.84. The Morgan fingerprint density at radius 2 is 1.89 bits per heavy atom. The summed E-state index contributed by atoms with van der Waals surface area (Å²) in [5.74, 6) is -1.16.